The Morgan fingerprint density at radius 3 is 2.55 bits per heavy atom. The summed E-state index contributed by atoms with van der Waals surface area (Å²) in [5.41, 5.74) is 4.28. The molecule has 0 bridgehead atoms. The largest absolute Gasteiger partial charge is 0.417 e. The normalized spacial score (nSPS) is 11.3. The summed E-state index contributed by atoms with van der Waals surface area (Å²) in [7, 11) is 1.43. The van der Waals surface area contributed by atoms with Crippen molar-refractivity contribution in [2.45, 2.75) is 6.18 Å². The monoisotopic (exact) mass is 313 g/mol. The van der Waals surface area contributed by atoms with Gasteiger partial charge in [0.15, 0.2) is 0 Å². The fraction of sp³-hybridized carbons (Fsp3) is 0.167. The van der Waals surface area contributed by atoms with Gasteiger partial charge in [0.1, 0.15) is 5.69 Å². The predicted molar refractivity (Wildman–Crippen MR) is 73.1 cm³/mol. The van der Waals surface area contributed by atoms with Crippen molar-refractivity contribution in [3.63, 3.8) is 0 Å². The highest BCUT2D eigenvalue weighted by atomic mass is 19.4. The summed E-state index contributed by atoms with van der Waals surface area (Å²) in [6.45, 7) is 0. The lowest BCUT2D eigenvalue weighted by Gasteiger charge is -2.10. The van der Waals surface area contributed by atoms with Gasteiger partial charge in [-0.2, -0.15) is 13.2 Å². The highest BCUT2D eigenvalue weighted by Crippen LogP contribution is 2.35. The van der Waals surface area contributed by atoms with E-state index in [-0.39, 0.29) is 16.9 Å². The zero-order valence-electron chi connectivity index (χ0n) is 11.2. The molecule has 0 aliphatic carbocycles. The first-order valence-electron chi connectivity index (χ1n) is 5.89. The van der Waals surface area contributed by atoms with Crippen molar-refractivity contribution in [3.8, 4) is 11.3 Å². The number of nitrogen functional groups attached to an aromatic ring is 1. The molecule has 0 saturated heterocycles. The first kappa shape index (κ1) is 15.5. The van der Waals surface area contributed by atoms with Crippen LogP contribution < -0.4 is 11.1 Å². The van der Waals surface area contributed by atoms with Crippen LogP contribution in [0.2, 0.25) is 0 Å². The molecule has 0 aromatic carbocycles. The van der Waals surface area contributed by atoms with E-state index in [1.807, 2.05) is 0 Å². The molecule has 0 fully saturated rings. The number of hydrogen-bond acceptors (Lipinski definition) is 6. The summed E-state index contributed by atoms with van der Waals surface area (Å²) in [6, 6.07) is 2.09. The molecule has 2 heterocycles. The standard InChI is InChI=1S/C12H10F3N5O2/c1-17-9-3-8(19-11(16)10(9)20(21)22)6-2-7(5-18-4-6)12(13,14)15/h2-5H,1H3,(H3,16,17,19). The van der Waals surface area contributed by atoms with Crippen LogP contribution in [0.5, 0.6) is 0 Å². The maximum absolute atomic E-state index is 12.7. The second-order valence-electron chi connectivity index (χ2n) is 4.26. The number of rotatable bonds is 3. The van der Waals surface area contributed by atoms with Gasteiger partial charge in [-0.3, -0.25) is 15.1 Å². The van der Waals surface area contributed by atoms with Gasteiger partial charge in [0, 0.05) is 25.0 Å². The van der Waals surface area contributed by atoms with Gasteiger partial charge < -0.3 is 11.1 Å². The Morgan fingerprint density at radius 2 is 2.00 bits per heavy atom. The molecule has 0 aliphatic rings. The van der Waals surface area contributed by atoms with Crippen molar-refractivity contribution >= 4 is 17.2 Å². The van der Waals surface area contributed by atoms with Crippen LogP contribution in [0.3, 0.4) is 0 Å². The molecule has 10 heteroatoms. The van der Waals surface area contributed by atoms with E-state index < -0.39 is 28.2 Å². The topological polar surface area (TPSA) is 107 Å². The number of anilines is 2. The molecule has 0 spiro atoms. The number of alkyl halides is 3. The molecular formula is C12H10F3N5O2. The van der Waals surface area contributed by atoms with E-state index in [0.717, 1.165) is 6.07 Å². The van der Waals surface area contributed by atoms with Crippen LogP contribution >= 0.6 is 0 Å². The number of nitrogens with one attached hydrogen (secondary N) is 1. The van der Waals surface area contributed by atoms with Crippen molar-refractivity contribution in [1.29, 1.82) is 0 Å². The van der Waals surface area contributed by atoms with Crippen LogP contribution in [-0.4, -0.2) is 21.9 Å². The van der Waals surface area contributed by atoms with Crippen LogP contribution in [0.4, 0.5) is 30.4 Å². The molecule has 2 aromatic rings. The maximum Gasteiger partial charge on any atom is 0.417 e. The Hall–Kier alpha value is -2.91. The van der Waals surface area contributed by atoms with E-state index in [2.05, 4.69) is 15.3 Å². The van der Waals surface area contributed by atoms with Gasteiger partial charge in [-0.15, -0.1) is 0 Å². The lowest BCUT2D eigenvalue weighted by atomic mass is 10.1. The quantitative estimate of drug-likeness (QED) is 0.666. The van der Waals surface area contributed by atoms with Gasteiger partial charge >= 0.3 is 11.9 Å². The third kappa shape index (κ3) is 2.90. The minimum absolute atomic E-state index is 0.0462. The lowest BCUT2D eigenvalue weighted by molar-refractivity contribution is -0.383. The molecule has 22 heavy (non-hydrogen) atoms. The molecule has 0 unspecified atom stereocenters. The molecule has 0 aliphatic heterocycles. The van der Waals surface area contributed by atoms with E-state index in [4.69, 9.17) is 5.73 Å². The average molecular weight is 313 g/mol. The summed E-state index contributed by atoms with van der Waals surface area (Å²) in [6.07, 6.45) is -2.71. The van der Waals surface area contributed by atoms with E-state index in [1.165, 1.54) is 19.3 Å². The number of halogens is 3. The third-order valence-electron chi connectivity index (χ3n) is 2.83. The van der Waals surface area contributed by atoms with Gasteiger partial charge in [0.05, 0.1) is 16.2 Å². The first-order valence-corrected chi connectivity index (χ1v) is 5.89. The fourth-order valence-electron chi connectivity index (χ4n) is 1.82. The van der Waals surface area contributed by atoms with E-state index in [9.17, 15) is 23.3 Å². The number of nitrogens with two attached hydrogens (primary N) is 1. The molecule has 116 valence electrons. The van der Waals surface area contributed by atoms with Crippen LogP contribution in [0, 0.1) is 10.1 Å². The van der Waals surface area contributed by atoms with Crippen LogP contribution in [0.15, 0.2) is 24.5 Å². The number of aromatic nitrogens is 2. The van der Waals surface area contributed by atoms with Crippen molar-refractivity contribution in [1.82, 2.24) is 9.97 Å². The molecule has 3 N–H and O–H groups in total. The van der Waals surface area contributed by atoms with Gasteiger partial charge in [-0.05, 0) is 12.1 Å². The zero-order chi connectivity index (χ0) is 16.5. The van der Waals surface area contributed by atoms with E-state index >= 15 is 0 Å². The summed E-state index contributed by atoms with van der Waals surface area (Å²) in [5, 5.41) is 13.5. The molecule has 2 rings (SSSR count). The smallest absolute Gasteiger partial charge is 0.382 e. The van der Waals surface area contributed by atoms with Crippen molar-refractivity contribution < 1.29 is 18.1 Å². The zero-order valence-corrected chi connectivity index (χ0v) is 11.2. The van der Waals surface area contributed by atoms with Crippen LogP contribution in [0.1, 0.15) is 5.56 Å². The van der Waals surface area contributed by atoms with Crippen molar-refractivity contribution in [3.05, 3.63) is 40.2 Å². The van der Waals surface area contributed by atoms with Gasteiger partial charge in [-0.25, -0.2) is 4.98 Å². The Bertz CT molecular complexity index is 733. The van der Waals surface area contributed by atoms with Crippen LogP contribution in [-0.2, 0) is 6.18 Å². The Balaban J connectivity index is 2.59. The van der Waals surface area contributed by atoms with Gasteiger partial charge in [0.25, 0.3) is 0 Å². The summed E-state index contributed by atoms with van der Waals surface area (Å²) in [5.74, 6) is -0.399. The first-order chi connectivity index (χ1) is 10.2. The molecule has 0 amide bonds. The SMILES string of the molecule is CNc1cc(-c2cncc(C(F)(F)F)c2)nc(N)c1[N+](=O)[O-]. The Kier molecular flexibility index (Phi) is 3.85. The maximum atomic E-state index is 12.7. The molecule has 0 atom stereocenters. The Morgan fingerprint density at radius 1 is 1.32 bits per heavy atom. The average Bonchev–Trinajstić information content (AvgIpc) is 2.45. The minimum Gasteiger partial charge on any atom is -0.382 e. The van der Waals surface area contributed by atoms with Crippen LogP contribution in [0.25, 0.3) is 11.3 Å². The number of nitro groups is 1. The van der Waals surface area contributed by atoms with Crippen molar-refractivity contribution in [2.75, 3.05) is 18.1 Å². The molecule has 2 aromatic heterocycles. The number of hydrogen-bond donors (Lipinski definition) is 2. The molecule has 7 nitrogen and oxygen atoms in total. The van der Waals surface area contributed by atoms with Gasteiger partial charge in [0.2, 0.25) is 5.82 Å². The summed E-state index contributed by atoms with van der Waals surface area (Å²) in [4.78, 5) is 17.5. The van der Waals surface area contributed by atoms with Crippen molar-refractivity contribution in [2.24, 2.45) is 0 Å². The van der Waals surface area contributed by atoms with Gasteiger partial charge in [-0.1, -0.05) is 0 Å². The fourth-order valence-corrected chi connectivity index (χ4v) is 1.82. The summed E-state index contributed by atoms with van der Waals surface area (Å²) >= 11 is 0. The molecule has 0 radical (unpaired) electrons. The summed E-state index contributed by atoms with van der Waals surface area (Å²) < 4.78 is 38.1. The van der Waals surface area contributed by atoms with E-state index in [1.54, 1.807) is 0 Å². The molecule has 0 saturated carbocycles. The third-order valence-corrected chi connectivity index (χ3v) is 2.83. The minimum atomic E-state index is -4.55. The highest BCUT2D eigenvalue weighted by Gasteiger charge is 2.31. The Labute approximate surface area is 122 Å². The highest BCUT2D eigenvalue weighted by molar-refractivity contribution is 5.77. The second kappa shape index (κ2) is 5.47. The lowest BCUT2D eigenvalue weighted by Crippen LogP contribution is -2.07. The number of nitrogens with zero attached hydrogens (tertiary/aromatic N) is 3. The number of pyridine rings is 2. The predicted octanol–water partition coefficient (Wildman–Crippen LogP) is 2.69. The second-order valence-corrected chi connectivity index (χ2v) is 4.26. The molecular weight excluding hydrogens is 303 g/mol. The van der Waals surface area contributed by atoms with E-state index in [0.29, 0.717) is 6.20 Å².